The maximum absolute atomic E-state index is 9.80. The number of hydrogen-bond donors (Lipinski definition) is 1. The van der Waals surface area contributed by atoms with E-state index in [1.54, 1.807) is 6.07 Å². The summed E-state index contributed by atoms with van der Waals surface area (Å²) in [5.74, 6) is 0.330. The molecule has 0 saturated carbocycles. The number of aryl methyl sites for hydroxylation is 1. The van der Waals surface area contributed by atoms with Crippen LogP contribution in [0.4, 0.5) is 11.4 Å². The average molecular weight is 278 g/mol. The van der Waals surface area contributed by atoms with E-state index in [-0.39, 0.29) is 5.95 Å². The van der Waals surface area contributed by atoms with E-state index >= 15 is 0 Å². The van der Waals surface area contributed by atoms with Crippen molar-refractivity contribution in [2.75, 3.05) is 0 Å². The Balaban J connectivity index is 1.88. The second-order valence-corrected chi connectivity index (χ2v) is 4.71. The van der Waals surface area contributed by atoms with Gasteiger partial charge in [-0.3, -0.25) is 0 Å². The van der Waals surface area contributed by atoms with Gasteiger partial charge in [0.05, 0.1) is 5.69 Å². The standard InChI is InChI=1S/C17H14N2O2/c1-12-6-5-9-14(10-12)18-19-15-11-16(21-17(15)20)13-7-3-2-4-8-13/h2-11,20H,1H3. The van der Waals surface area contributed by atoms with Gasteiger partial charge in [-0.15, -0.1) is 5.11 Å². The van der Waals surface area contributed by atoms with Crippen molar-refractivity contribution in [1.82, 2.24) is 0 Å². The largest absolute Gasteiger partial charge is 0.479 e. The van der Waals surface area contributed by atoms with Crippen LogP contribution in [0.1, 0.15) is 5.56 Å². The van der Waals surface area contributed by atoms with Crippen LogP contribution in [0, 0.1) is 6.92 Å². The summed E-state index contributed by atoms with van der Waals surface area (Å²) in [6.45, 7) is 1.99. The minimum absolute atomic E-state index is 0.231. The molecule has 0 fully saturated rings. The molecular weight excluding hydrogens is 264 g/mol. The van der Waals surface area contributed by atoms with E-state index in [1.807, 2.05) is 61.5 Å². The highest BCUT2D eigenvalue weighted by Gasteiger charge is 2.11. The normalized spacial score (nSPS) is 11.1. The first-order valence-corrected chi connectivity index (χ1v) is 6.59. The highest BCUT2D eigenvalue weighted by Crippen LogP contribution is 2.36. The van der Waals surface area contributed by atoms with Crippen LogP contribution in [-0.4, -0.2) is 5.11 Å². The Kier molecular flexibility index (Phi) is 3.51. The molecule has 0 unspecified atom stereocenters. The van der Waals surface area contributed by atoms with Crippen LogP contribution in [0.25, 0.3) is 11.3 Å². The Bertz CT molecular complexity index is 776. The predicted molar refractivity (Wildman–Crippen MR) is 81.2 cm³/mol. The van der Waals surface area contributed by atoms with Crippen molar-refractivity contribution in [3.05, 3.63) is 66.2 Å². The van der Waals surface area contributed by atoms with E-state index in [4.69, 9.17) is 4.42 Å². The van der Waals surface area contributed by atoms with Crippen LogP contribution in [0.3, 0.4) is 0 Å². The Morgan fingerprint density at radius 3 is 2.48 bits per heavy atom. The summed E-state index contributed by atoms with van der Waals surface area (Å²) in [5.41, 5.74) is 3.03. The SMILES string of the molecule is Cc1cccc(N=Nc2cc(-c3ccccc3)oc2O)c1. The summed E-state index contributed by atoms with van der Waals surface area (Å²) in [4.78, 5) is 0. The number of azo groups is 1. The van der Waals surface area contributed by atoms with Crippen molar-refractivity contribution in [2.45, 2.75) is 6.92 Å². The van der Waals surface area contributed by atoms with Crippen LogP contribution in [0.5, 0.6) is 5.95 Å². The van der Waals surface area contributed by atoms with E-state index in [2.05, 4.69) is 10.2 Å². The molecule has 21 heavy (non-hydrogen) atoms. The van der Waals surface area contributed by atoms with Gasteiger partial charge < -0.3 is 9.52 Å². The van der Waals surface area contributed by atoms with Crippen molar-refractivity contribution < 1.29 is 9.52 Å². The Morgan fingerprint density at radius 2 is 1.71 bits per heavy atom. The summed E-state index contributed by atoms with van der Waals surface area (Å²) in [5, 5.41) is 18.0. The lowest BCUT2D eigenvalue weighted by atomic mass is 10.2. The van der Waals surface area contributed by atoms with Crippen molar-refractivity contribution in [3.8, 4) is 17.3 Å². The number of benzene rings is 2. The zero-order chi connectivity index (χ0) is 14.7. The van der Waals surface area contributed by atoms with Gasteiger partial charge in [0.25, 0.3) is 0 Å². The first-order chi connectivity index (χ1) is 10.2. The lowest BCUT2D eigenvalue weighted by Crippen LogP contribution is -1.69. The molecule has 4 nitrogen and oxygen atoms in total. The van der Waals surface area contributed by atoms with Gasteiger partial charge in [0.2, 0.25) is 0 Å². The van der Waals surface area contributed by atoms with Gasteiger partial charge in [0, 0.05) is 11.6 Å². The van der Waals surface area contributed by atoms with Gasteiger partial charge in [-0.2, -0.15) is 5.11 Å². The fourth-order valence-corrected chi connectivity index (χ4v) is 1.99. The third-order valence-electron chi connectivity index (χ3n) is 3.03. The van der Waals surface area contributed by atoms with Crippen molar-refractivity contribution >= 4 is 11.4 Å². The van der Waals surface area contributed by atoms with Crippen LogP contribution >= 0.6 is 0 Å². The van der Waals surface area contributed by atoms with Crippen molar-refractivity contribution in [1.29, 1.82) is 0 Å². The van der Waals surface area contributed by atoms with Gasteiger partial charge in [0.1, 0.15) is 5.76 Å². The number of nitrogens with zero attached hydrogens (tertiary/aromatic N) is 2. The van der Waals surface area contributed by atoms with Gasteiger partial charge in [-0.05, 0) is 24.6 Å². The van der Waals surface area contributed by atoms with Crippen molar-refractivity contribution in [3.63, 3.8) is 0 Å². The van der Waals surface area contributed by atoms with E-state index < -0.39 is 0 Å². The van der Waals surface area contributed by atoms with Gasteiger partial charge in [-0.25, -0.2) is 0 Å². The molecular formula is C17H14N2O2. The first kappa shape index (κ1) is 13.1. The van der Waals surface area contributed by atoms with Crippen LogP contribution in [0.15, 0.2) is 75.3 Å². The molecule has 3 aromatic rings. The van der Waals surface area contributed by atoms with E-state index in [0.717, 1.165) is 16.8 Å². The predicted octanol–water partition coefficient (Wildman–Crippen LogP) is 5.38. The molecule has 4 heteroatoms. The summed E-state index contributed by atoms with van der Waals surface area (Å²) < 4.78 is 5.31. The van der Waals surface area contributed by atoms with Gasteiger partial charge in [-0.1, -0.05) is 42.5 Å². The number of aromatic hydroxyl groups is 1. The monoisotopic (exact) mass is 278 g/mol. The molecule has 0 atom stereocenters. The molecule has 0 amide bonds. The lowest BCUT2D eigenvalue weighted by molar-refractivity contribution is 0.339. The van der Waals surface area contributed by atoms with Gasteiger partial charge in [0.15, 0.2) is 5.69 Å². The molecule has 0 aliphatic heterocycles. The van der Waals surface area contributed by atoms with Crippen molar-refractivity contribution in [2.24, 2.45) is 10.2 Å². The van der Waals surface area contributed by atoms with Crippen LogP contribution in [0.2, 0.25) is 0 Å². The molecule has 1 heterocycles. The summed E-state index contributed by atoms with van der Waals surface area (Å²) >= 11 is 0. The third kappa shape index (κ3) is 3.00. The van der Waals surface area contributed by atoms with E-state index in [0.29, 0.717) is 11.4 Å². The number of furan rings is 1. The second kappa shape index (κ2) is 5.63. The summed E-state index contributed by atoms with van der Waals surface area (Å²) in [6.07, 6.45) is 0. The highest BCUT2D eigenvalue weighted by atomic mass is 16.5. The second-order valence-electron chi connectivity index (χ2n) is 4.71. The van der Waals surface area contributed by atoms with Crippen LogP contribution < -0.4 is 0 Å². The Labute approximate surface area is 122 Å². The maximum Gasteiger partial charge on any atom is 0.311 e. The summed E-state index contributed by atoms with van der Waals surface area (Å²) in [7, 11) is 0. The fraction of sp³-hybridized carbons (Fsp3) is 0.0588. The zero-order valence-corrected chi connectivity index (χ0v) is 11.5. The van der Waals surface area contributed by atoms with E-state index in [9.17, 15) is 5.11 Å². The molecule has 0 radical (unpaired) electrons. The average Bonchev–Trinajstić information content (AvgIpc) is 2.87. The topological polar surface area (TPSA) is 58.1 Å². The molecule has 0 spiro atoms. The molecule has 1 aromatic heterocycles. The third-order valence-corrected chi connectivity index (χ3v) is 3.03. The minimum atomic E-state index is -0.231. The zero-order valence-electron chi connectivity index (χ0n) is 11.5. The number of hydrogen-bond acceptors (Lipinski definition) is 4. The quantitative estimate of drug-likeness (QED) is 0.654. The molecule has 1 N–H and O–H groups in total. The highest BCUT2D eigenvalue weighted by molar-refractivity contribution is 5.64. The van der Waals surface area contributed by atoms with Gasteiger partial charge >= 0.3 is 5.95 Å². The maximum atomic E-state index is 9.80. The molecule has 2 aromatic carbocycles. The summed E-state index contributed by atoms with van der Waals surface area (Å²) in [6, 6.07) is 18.9. The molecule has 0 bridgehead atoms. The Hall–Kier alpha value is -2.88. The lowest BCUT2D eigenvalue weighted by Gasteiger charge is -1.93. The van der Waals surface area contributed by atoms with Crippen LogP contribution in [-0.2, 0) is 0 Å². The molecule has 0 aliphatic carbocycles. The fourth-order valence-electron chi connectivity index (χ4n) is 1.99. The number of rotatable bonds is 3. The molecule has 104 valence electrons. The smallest absolute Gasteiger partial charge is 0.311 e. The molecule has 3 rings (SSSR count). The first-order valence-electron chi connectivity index (χ1n) is 6.59. The molecule has 0 saturated heterocycles. The Morgan fingerprint density at radius 1 is 0.905 bits per heavy atom. The minimum Gasteiger partial charge on any atom is -0.479 e. The molecule has 0 aliphatic rings. The van der Waals surface area contributed by atoms with E-state index in [1.165, 1.54) is 0 Å².